The molecule has 0 amide bonds. The van der Waals surface area contributed by atoms with Crippen LogP contribution in [0.1, 0.15) is 17.7 Å². The highest BCUT2D eigenvalue weighted by atomic mass is 16.5. The Morgan fingerprint density at radius 3 is 2.90 bits per heavy atom. The van der Waals surface area contributed by atoms with E-state index in [0.717, 1.165) is 58.3 Å². The topological polar surface area (TPSA) is 62.4 Å². The Morgan fingerprint density at radius 1 is 1.38 bits per heavy atom. The summed E-state index contributed by atoms with van der Waals surface area (Å²) in [5, 5.41) is 10.7. The molecule has 1 aromatic heterocycles. The average Bonchev–Trinajstić information content (AvgIpc) is 3.17. The summed E-state index contributed by atoms with van der Waals surface area (Å²) >= 11 is 0. The first-order valence-corrected chi connectivity index (χ1v) is 7.93. The number of rotatable bonds is 6. The zero-order chi connectivity index (χ0) is 14.5. The summed E-state index contributed by atoms with van der Waals surface area (Å²) in [4.78, 5) is 2.57. The third-order valence-electron chi connectivity index (χ3n) is 4.63. The van der Waals surface area contributed by atoms with Crippen molar-refractivity contribution in [1.82, 2.24) is 20.4 Å². The van der Waals surface area contributed by atoms with Crippen LogP contribution in [0.2, 0.25) is 0 Å². The molecule has 3 rings (SSSR count). The molecule has 2 aliphatic heterocycles. The summed E-state index contributed by atoms with van der Waals surface area (Å²) in [5.41, 5.74) is 2.40. The number of aryl methyl sites for hydroxylation is 1. The van der Waals surface area contributed by atoms with E-state index in [4.69, 9.17) is 9.47 Å². The number of nitrogens with zero attached hydrogens (tertiary/aromatic N) is 2. The highest BCUT2D eigenvalue weighted by molar-refractivity contribution is 5.13. The number of H-pyrrole nitrogens is 1. The van der Waals surface area contributed by atoms with Gasteiger partial charge in [-0.15, -0.1) is 0 Å². The molecule has 2 atom stereocenters. The average molecular weight is 294 g/mol. The summed E-state index contributed by atoms with van der Waals surface area (Å²) in [6.07, 6.45) is 3.08. The molecular weight excluding hydrogens is 268 g/mol. The SMILES string of the molecule is Cc1[nH]ncc1CNC[C@H]([C@H]1CCOC1)N1CCOCC1. The smallest absolute Gasteiger partial charge is 0.0594 e. The Hall–Kier alpha value is -0.950. The molecule has 2 saturated heterocycles. The number of aromatic amines is 1. The van der Waals surface area contributed by atoms with Crippen LogP contribution in [0.3, 0.4) is 0 Å². The van der Waals surface area contributed by atoms with E-state index in [0.29, 0.717) is 12.0 Å². The van der Waals surface area contributed by atoms with Crippen LogP contribution in [0.15, 0.2) is 6.20 Å². The van der Waals surface area contributed by atoms with Crippen LogP contribution in [0.4, 0.5) is 0 Å². The van der Waals surface area contributed by atoms with E-state index >= 15 is 0 Å². The van der Waals surface area contributed by atoms with Crippen molar-refractivity contribution >= 4 is 0 Å². The minimum atomic E-state index is 0.545. The van der Waals surface area contributed by atoms with Gasteiger partial charge >= 0.3 is 0 Å². The lowest BCUT2D eigenvalue weighted by molar-refractivity contribution is 0.00137. The lowest BCUT2D eigenvalue weighted by Gasteiger charge is -2.37. The quantitative estimate of drug-likeness (QED) is 0.802. The fourth-order valence-electron chi connectivity index (χ4n) is 3.27. The standard InChI is InChI=1S/C15H26N4O2/c1-12-14(9-17-18-12)8-16-10-15(13-2-5-21-11-13)19-3-6-20-7-4-19/h9,13,15-16H,2-8,10-11H2,1H3,(H,17,18)/t13-,15+/m0/s1. The first-order valence-electron chi connectivity index (χ1n) is 7.93. The van der Waals surface area contributed by atoms with Crippen molar-refractivity contribution in [3.05, 3.63) is 17.5 Å². The molecule has 0 aromatic carbocycles. The maximum Gasteiger partial charge on any atom is 0.0594 e. The van der Waals surface area contributed by atoms with E-state index in [9.17, 15) is 0 Å². The molecule has 118 valence electrons. The van der Waals surface area contributed by atoms with Gasteiger partial charge in [-0.3, -0.25) is 10.00 Å². The molecule has 0 aliphatic carbocycles. The van der Waals surface area contributed by atoms with Crippen LogP contribution < -0.4 is 5.32 Å². The maximum atomic E-state index is 5.60. The molecule has 3 heterocycles. The Balaban J connectivity index is 1.55. The highest BCUT2D eigenvalue weighted by Gasteiger charge is 2.31. The van der Waals surface area contributed by atoms with Crippen molar-refractivity contribution in [3.63, 3.8) is 0 Å². The summed E-state index contributed by atoms with van der Waals surface area (Å²) < 4.78 is 11.1. The van der Waals surface area contributed by atoms with Crippen LogP contribution >= 0.6 is 0 Å². The fraction of sp³-hybridized carbons (Fsp3) is 0.800. The summed E-state index contributed by atoms with van der Waals surface area (Å²) in [5.74, 6) is 0.640. The van der Waals surface area contributed by atoms with Gasteiger partial charge in [-0.2, -0.15) is 5.10 Å². The van der Waals surface area contributed by atoms with Crippen molar-refractivity contribution in [2.24, 2.45) is 5.92 Å². The van der Waals surface area contributed by atoms with Gasteiger partial charge in [-0.05, 0) is 13.3 Å². The molecule has 1 aromatic rings. The van der Waals surface area contributed by atoms with E-state index < -0.39 is 0 Å². The third-order valence-corrected chi connectivity index (χ3v) is 4.63. The van der Waals surface area contributed by atoms with Gasteiger partial charge in [0, 0.05) is 56.0 Å². The molecule has 6 nitrogen and oxygen atoms in total. The number of morpholine rings is 1. The van der Waals surface area contributed by atoms with Crippen molar-refractivity contribution in [2.75, 3.05) is 46.1 Å². The van der Waals surface area contributed by atoms with Gasteiger partial charge in [0.15, 0.2) is 0 Å². The fourth-order valence-corrected chi connectivity index (χ4v) is 3.27. The second-order valence-corrected chi connectivity index (χ2v) is 5.99. The summed E-state index contributed by atoms with van der Waals surface area (Å²) in [7, 11) is 0. The van der Waals surface area contributed by atoms with Gasteiger partial charge in [0.2, 0.25) is 0 Å². The molecule has 2 aliphatic rings. The largest absolute Gasteiger partial charge is 0.381 e. The van der Waals surface area contributed by atoms with Crippen LogP contribution in [0.5, 0.6) is 0 Å². The van der Waals surface area contributed by atoms with Crippen molar-refractivity contribution in [1.29, 1.82) is 0 Å². The molecule has 6 heteroatoms. The van der Waals surface area contributed by atoms with E-state index in [2.05, 4.69) is 27.3 Å². The monoisotopic (exact) mass is 294 g/mol. The zero-order valence-electron chi connectivity index (χ0n) is 12.8. The lowest BCUT2D eigenvalue weighted by atomic mass is 9.97. The van der Waals surface area contributed by atoms with Crippen LogP contribution in [0.25, 0.3) is 0 Å². The van der Waals surface area contributed by atoms with Gasteiger partial charge in [-0.1, -0.05) is 0 Å². The van der Waals surface area contributed by atoms with Crippen molar-refractivity contribution < 1.29 is 9.47 Å². The van der Waals surface area contributed by atoms with Crippen molar-refractivity contribution in [3.8, 4) is 0 Å². The molecule has 2 fully saturated rings. The van der Waals surface area contributed by atoms with E-state index in [1.165, 1.54) is 12.0 Å². The normalized spacial score (nSPS) is 25.3. The van der Waals surface area contributed by atoms with Gasteiger partial charge < -0.3 is 14.8 Å². The first kappa shape index (κ1) is 15.0. The van der Waals surface area contributed by atoms with Crippen LogP contribution in [0, 0.1) is 12.8 Å². The minimum absolute atomic E-state index is 0.545. The molecule has 21 heavy (non-hydrogen) atoms. The number of ether oxygens (including phenoxy) is 2. The minimum Gasteiger partial charge on any atom is -0.381 e. The number of hydrogen-bond acceptors (Lipinski definition) is 5. The predicted octanol–water partition coefficient (Wildman–Crippen LogP) is 0.545. The molecule has 0 spiro atoms. The van der Waals surface area contributed by atoms with Gasteiger partial charge in [0.05, 0.1) is 26.0 Å². The maximum absolute atomic E-state index is 5.60. The third kappa shape index (κ3) is 3.83. The van der Waals surface area contributed by atoms with Gasteiger partial charge in [-0.25, -0.2) is 0 Å². The second-order valence-electron chi connectivity index (χ2n) is 5.99. The number of hydrogen-bond donors (Lipinski definition) is 2. The Bertz CT molecular complexity index is 425. The highest BCUT2D eigenvalue weighted by Crippen LogP contribution is 2.22. The van der Waals surface area contributed by atoms with Gasteiger partial charge in [0.25, 0.3) is 0 Å². The first-order chi connectivity index (χ1) is 10.3. The number of aromatic nitrogens is 2. The molecule has 0 saturated carbocycles. The van der Waals surface area contributed by atoms with E-state index in [1.807, 2.05) is 6.20 Å². The Labute approximate surface area is 126 Å². The van der Waals surface area contributed by atoms with Crippen molar-refractivity contribution in [2.45, 2.75) is 25.9 Å². The Kier molecular flexibility index (Phi) is 5.24. The van der Waals surface area contributed by atoms with Crippen LogP contribution in [-0.4, -0.2) is 67.2 Å². The van der Waals surface area contributed by atoms with Crippen LogP contribution in [-0.2, 0) is 16.0 Å². The molecular formula is C15H26N4O2. The van der Waals surface area contributed by atoms with E-state index in [-0.39, 0.29) is 0 Å². The summed E-state index contributed by atoms with van der Waals surface area (Å²) in [6.45, 7) is 9.52. The molecule has 2 N–H and O–H groups in total. The Morgan fingerprint density at radius 2 is 2.24 bits per heavy atom. The second kappa shape index (κ2) is 7.35. The summed E-state index contributed by atoms with van der Waals surface area (Å²) in [6, 6.07) is 0.545. The van der Waals surface area contributed by atoms with E-state index in [1.54, 1.807) is 0 Å². The lowest BCUT2D eigenvalue weighted by Crippen LogP contribution is -2.51. The molecule has 0 radical (unpaired) electrons. The molecule has 0 unspecified atom stereocenters. The molecule has 0 bridgehead atoms. The predicted molar refractivity (Wildman–Crippen MR) is 80.1 cm³/mol. The zero-order valence-corrected chi connectivity index (χ0v) is 12.8. The van der Waals surface area contributed by atoms with Gasteiger partial charge in [0.1, 0.15) is 0 Å². The number of nitrogens with one attached hydrogen (secondary N) is 2.